The third-order valence-electron chi connectivity index (χ3n) is 3.86. The van der Waals surface area contributed by atoms with Gasteiger partial charge in [-0.2, -0.15) is 0 Å². The number of anilines is 1. The maximum atomic E-state index is 12.0. The molecular weight excluding hydrogens is 272 g/mol. The predicted octanol–water partition coefficient (Wildman–Crippen LogP) is -4.06. The van der Waals surface area contributed by atoms with Gasteiger partial charge >= 0.3 is 0 Å². The Morgan fingerprint density at radius 3 is 2.67 bits per heavy atom. The van der Waals surface area contributed by atoms with E-state index in [-0.39, 0.29) is 12.3 Å². The first kappa shape index (κ1) is 15.4. The minimum Gasteiger partial charge on any atom is -0.544 e. The average Bonchev–Trinajstić information content (AvgIpc) is 2.47. The van der Waals surface area contributed by atoms with Crippen LogP contribution in [0.1, 0.15) is 6.42 Å². The number of nitrogens with one attached hydrogen (secondary N) is 3. The molecule has 1 aromatic heterocycles. The Hall–Kier alpha value is -1.99. The first-order chi connectivity index (χ1) is 10.1. The lowest BCUT2D eigenvalue weighted by Crippen LogP contribution is -3.29. The van der Waals surface area contributed by atoms with E-state index in [0.29, 0.717) is 5.69 Å². The van der Waals surface area contributed by atoms with Crippen molar-refractivity contribution in [2.45, 2.75) is 12.5 Å². The lowest BCUT2D eigenvalue weighted by molar-refractivity contribution is -1.01. The SMILES string of the molecule is C[NH+]1CC[NH+]([C@@H](CC(=O)Nc2cccnc2)C(=O)[O-])CC1. The molecule has 21 heavy (non-hydrogen) atoms. The molecule has 1 fully saturated rings. The summed E-state index contributed by atoms with van der Waals surface area (Å²) in [5, 5.41) is 14.0. The Labute approximate surface area is 123 Å². The molecule has 0 aliphatic carbocycles. The van der Waals surface area contributed by atoms with Crippen molar-refractivity contribution in [3.63, 3.8) is 0 Å². The summed E-state index contributed by atoms with van der Waals surface area (Å²) in [6, 6.07) is 2.63. The van der Waals surface area contributed by atoms with Crippen molar-refractivity contribution in [3.8, 4) is 0 Å². The van der Waals surface area contributed by atoms with Crippen LogP contribution in [0.5, 0.6) is 0 Å². The zero-order valence-electron chi connectivity index (χ0n) is 12.1. The number of piperazine rings is 1. The first-order valence-electron chi connectivity index (χ1n) is 7.13. The average molecular weight is 293 g/mol. The summed E-state index contributed by atoms with van der Waals surface area (Å²) in [6.07, 6.45) is 3.06. The van der Waals surface area contributed by atoms with Crippen molar-refractivity contribution < 1.29 is 24.5 Å². The van der Waals surface area contributed by atoms with Crippen molar-refractivity contribution in [1.29, 1.82) is 0 Å². The fraction of sp³-hybridized carbons (Fsp3) is 0.500. The number of quaternary nitrogens is 2. The van der Waals surface area contributed by atoms with E-state index in [4.69, 9.17) is 0 Å². The number of rotatable bonds is 5. The van der Waals surface area contributed by atoms with E-state index in [1.807, 2.05) is 0 Å². The number of aromatic nitrogens is 1. The second-order valence-electron chi connectivity index (χ2n) is 5.48. The van der Waals surface area contributed by atoms with Crippen molar-refractivity contribution >= 4 is 17.6 Å². The topological polar surface area (TPSA) is 91.0 Å². The van der Waals surface area contributed by atoms with Crippen LogP contribution in [0, 0.1) is 0 Å². The Morgan fingerprint density at radius 1 is 1.38 bits per heavy atom. The quantitative estimate of drug-likeness (QED) is 0.515. The molecule has 1 aliphatic heterocycles. The monoisotopic (exact) mass is 293 g/mol. The van der Waals surface area contributed by atoms with Crippen LogP contribution in [-0.4, -0.2) is 56.1 Å². The molecule has 0 radical (unpaired) electrons. The molecule has 0 bridgehead atoms. The van der Waals surface area contributed by atoms with Gasteiger partial charge in [-0.3, -0.25) is 9.78 Å². The molecule has 3 N–H and O–H groups in total. The van der Waals surface area contributed by atoms with Crippen molar-refractivity contribution in [2.75, 3.05) is 38.5 Å². The number of hydrogen-bond acceptors (Lipinski definition) is 4. The highest BCUT2D eigenvalue weighted by atomic mass is 16.4. The summed E-state index contributed by atoms with van der Waals surface area (Å²) in [6.45, 7) is 3.29. The predicted molar refractivity (Wildman–Crippen MR) is 73.6 cm³/mol. The molecule has 114 valence electrons. The van der Waals surface area contributed by atoms with Gasteiger partial charge < -0.3 is 25.0 Å². The lowest BCUT2D eigenvalue weighted by atomic mass is 10.1. The zero-order valence-corrected chi connectivity index (χ0v) is 12.1. The summed E-state index contributed by atoms with van der Waals surface area (Å²) < 4.78 is 0. The summed E-state index contributed by atoms with van der Waals surface area (Å²) in [5.41, 5.74) is 0.567. The second kappa shape index (κ2) is 7.14. The number of pyridine rings is 1. The van der Waals surface area contributed by atoms with Crippen molar-refractivity contribution in [2.24, 2.45) is 0 Å². The van der Waals surface area contributed by atoms with Gasteiger partial charge in [0.2, 0.25) is 5.91 Å². The molecule has 1 amide bonds. The standard InChI is InChI=1S/C14H20N4O3/c1-17-5-7-18(8-6-17)12(14(20)21)9-13(19)16-11-3-2-4-15-10-11/h2-4,10,12H,5-9H2,1H3,(H,16,19)(H,20,21)/p+1/t12-/m0/s1. The van der Waals surface area contributed by atoms with Gasteiger partial charge in [-0.1, -0.05) is 0 Å². The zero-order chi connectivity index (χ0) is 15.2. The van der Waals surface area contributed by atoms with Gasteiger partial charge in [-0.15, -0.1) is 0 Å². The van der Waals surface area contributed by atoms with E-state index in [2.05, 4.69) is 17.3 Å². The van der Waals surface area contributed by atoms with E-state index in [1.165, 1.54) is 11.1 Å². The number of hydrogen-bond donors (Lipinski definition) is 3. The van der Waals surface area contributed by atoms with Crippen LogP contribution in [0.15, 0.2) is 24.5 Å². The largest absolute Gasteiger partial charge is 0.544 e. The van der Waals surface area contributed by atoms with Gasteiger partial charge in [0, 0.05) is 6.20 Å². The van der Waals surface area contributed by atoms with Crippen molar-refractivity contribution in [1.82, 2.24) is 4.98 Å². The number of carbonyl (C=O) groups is 2. The molecule has 7 nitrogen and oxygen atoms in total. The molecule has 0 saturated carbocycles. The Morgan fingerprint density at radius 2 is 2.10 bits per heavy atom. The summed E-state index contributed by atoms with van der Waals surface area (Å²) in [4.78, 5) is 29.5. The Balaban J connectivity index is 1.93. The lowest BCUT2D eigenvalue weighted by Gasteiger charge is -2.33. The number of aliphatic carboxylic acids is 1. The molecule has 1 aromatic rings. The minimum atomic E-state index is -1.16. The highest BCUT2D eigenvalue weighted by molar-refractivity contribution is 5.93. The number of amides is 1. The normalized spacial score (nSPS) is 23.3. The summed E-state index contributed by atoms with van der Waals surface area (Å²) >= 11 is 0. The van der Waals surface area contributed by atoms with Crippen LogP contribution < -0.4 is 20.2 Å². The molecule has 0 spiro atoms. The van der Waals surface area contributed by atoms with Crippen LogP contribution in [0.25, 0.3) is 0 Å². The number of carboxylic acids is 1. The van der Waals surface area contributed by atoms with Gasteiger partial charge in [-0.05, 0) is 12.1 Å². The van der Waals surface area contributed by atoms with Gasteiger partial charge in [0.25, 0.3) is 0 Å². The van der Waals surface area contributed by atoms with Crippen LogP contribution in [0.3, 0.4) is 0 Å². The molecule has 0 unspecified atom stereocenters. The molecule has 0 aromatic carbocycles. The van der Waals surface area contributed by atoms with Gasteiger partial charge in [0.15, 0.2) is 0 Å². The second-order valence-corrected chi connectivity index (χ2v) is 5.48. The smallest absolute Gasteiger partial charge is 0.230 e. The molecule has 1 aliphatic rings. The number of nitrogens with zero attached hydrogens (tertiary/aromatic N) is 1. The molecule has 7 heteroatoms. The summed E-state index contributed by atoms with van der Waals surface area (Å²) in [7, 11) is 2.08. The first-order valence-corrected chi connectivity index (χ1v) is 7.13. The van der Waals surface area contributed by atoms with Gasteiger partial charge in [0.05, 0.1) is 31.3 Å². The van der Waals surface area contributed by atoms with E-state index in [1.54, 1.807) is 18.3 Å². The van der Waals surface area contributed by atoms with Crippen LogP contribution >= 0.6 is 0 Å². The number of carboxylic acid groups (broad SMARTS) is 1. The third kappa shape index (κ3) is 4.51. The maximum absolute atomic E-state index is 12.0. The van der Waals surface area contributed by atoms with Crippen LogP contribution in [-0.2, 0) is 9.59 Å². The Bertz CT molecular complexity index is 486. The van der Waals surface area contributed by atoms with E-state index >= 15 is 0 Å². The van der Waals surface area contributed by atoms with Crippen LogP contribution in [0.4, 0.5) is 5.69 Å². The highest BCUT2D eigenvalue weighted by Crippen LogP contribution is 2.03. The summed E-state index contributed by atoms with van der Waals surface area (Å²) in [5.74, 6) is -1.48. The van der Waals surface area contributed by atoms with Gasteiger partial charge in [0.1, 0.15) is 32.2 Å². The Kier molecular flexibility index (Phi) is 5.24. The molecule has 2 rings (SSSR count). The molecule has 2 heterocycles. The fourth-order valence-electron chi connectivity index (χ4n) is 2.57. The maximum Gasteiger partial charge on any atom is 0.230 e. The van der Waals surface area contributed by atoms with Gasteiger partial charge in [-0.25, -0.2) is 0 Å². The molecular formula is C14H21N4O3+. The highest BCUT2D eigenvalue weighted by Gasteiger charge is 2.30. The third-order valence-corrected chi connectivity index (χ3v) is 3.86. The van der Waals surface area contributed by atoms with Crippen LogP contribution in [0.2, 0.25) is 0 Å². The number of carbonyl (C=O) groups excluding carboxylic acids is 2. The van der Waals surface area contributed by atoms with E-state index < -0.39 is 12.0 Å². The minimum absolute atomic E-state index is 0.0778. The molecule has 1 atom stereocenters. The van der Waals surface area contributed by atoms with E-state index in [0.717, 1.165) is 31.1 Å². The van der Waals surface area contributed by atoms with E-state index in [9.17, 15) is 14.7 Å². The molecule has 1 saturated heterocycles. The number of likely N-dealkylation sites (N-methyl/N-ethyl adjacent to an activating group) is 1. The van der Waals surface area contributed by atoms with Crippen molar-refractivity contribution in [3.05, 3.63) is 24.5 Å². The fourth-order valence-corrected chi connectivity index (χ4v) is 2.57.